The largest absolute Gasteiger partial charge is 0.508 e. The van der Waals surface area contributed by atoms with E-state index < -0.39 is 18.5 Å². The van der Waals surface area contributed by atoms with Crippen molar-refractivity contribution in [2.45, 2.75) is 19.1 Å². The van der Waals surface area contributed by atoms with Gasteiger partial charge in [-0.3, -0.25) is 9.80 Å². The van der Waals surface area contributed by atoms with Gasteiger partial charge in [-0.2, -0.15) is 13.2 Å². The summed E-state index contributed by atoms with van der Waals surface area (Å²) in [7, 11) is 0. The van der Waals surface area contributed by atoms with Gasteiger partial charge >= 0.3 is 6.18 Å². The summed E-state index contributed by atoms with van der Waals surface area (Å²) in [4.78, 5) is 3.30. The summed E-state index contributed by atoms with van der Waals surface area (Å²) in [6.45, 7) is 2.44. The number of hydrogen-bond acceptors (Lipinski definition) is 3. The average Bonchev–Trinajstić information content (AvgIpc) is 2.37. The molecule has 0 radical (unpaired) electrons. The van der Waals surface area contributed by atoms with E-state index in [1.165, 1.54) is 17.0 Å². The van der Waals surface area contributed by atoms with Gasteiger partial charge < -0.3 is 5.11 Å². The Kier molecular flexibility index (Phi) is 4.73. The van der Waals surface area contributed by atoms with Crippen molar-refractivity contribution in [3.63, 3.8) is 0 Å². The molecule has 0 amide bonds. The summed E-state index contributed by atoms with van der Waals surface area (Å²) in [5.74, 6) is -0.640. The average molecular weight is 306 g/mol. The Labute approximate surface area is 120 Å². The van der Waals surface area contributed by atoms with Gasteiger partial charge in [0.25, 0.3) is 0 Å². The molecule has 1 saturated heterocycles. The lowest BCUT2D eigenvalue weighted by Crippen LogP contribution is -2.49. The summed E-state index contributed by atoms with van der Waals surface area (Å²) in [6, 6.07) is 3.73. The topological polar surface area (TPSA) is 26.7 Å². The molecule has 118 valence electrons. The lowest BCUT2D eigenvalue weighted by molar-refractivity contribution is -0.149. The van der Waals surface area contributed by atoms with Crippen molar-refractivity contribution in [2.24, 2.45) is 0 Å². The van der Waals surface area contributed by atoms with Crippen LogP contribution in [0.1, 0.15) is 18.5 Å². The van der Waals surface area contributed by atoms with Crippen LogP contribution < -0.4 is 0 Å². The van der Waals surface area contributed by atoms with Gasteiger partial charge in [-0.25, -0.2) is 4.39 Å². The maximum absolute atomic E-state index is 13.8. The third-order valence-electron chi connectivity index (χ3n) is 3.79. The molecule has 2 rings (SSSR count). The molecular weight excluding hydrogens is 288 g/mol. The zero-order chi connectivity index (χ0) is 15.6. The zero-order valence-corrected chi connectivity index (χ0v) is 11.7. The number of hydrogen-bond donors (Lipinski definition) is 1. The lowest BCUT2D eigenvalue weighted by atomic mass is 10.1. The molecule has 1 aromatic carbocycles. The van der Waals surface area contributed by atoms with Crippen LogP contribution in [0.25, 0.3) is 0 Å². The number of alkyl halides is 3. The molecule has 1 fully saturated rings. The smallest absolute Gasteiger partial charge is 0.401 e. The Balaban J connectivity index is 1.95. The highest BCUT2D eigenvalue weighted by Gasteiger charge is 2.33. The molecule has 1 heterocycles. The van der Waals surface area contributed by atoms with Gasteiger partial charge in [0.05, 0.1) is 6.54 Å². The predicted molar refractivity (Wildman–Crippen MR) is 70.5 cm³/mol. The molecule has 3 nitrogen and oxygen atoms in total. The molecule has 0 spiro atoms. The molecule has 1 N–H and O–H groups in total. The maximum atomic E-state index is 13.8. The van der Waals surface area contributed by atoms with Crippen LogP contribution in [0.2, 0.25) is 0 Å². The van der Waals surface area contributed by atoms with Gasteiger partial charge in [-0.15, -0.1) is 0 Å². The number of rotatable bonds is 3. The minimum absolute atomic E-state index is 0.140. The number of phenols is 1. The fourth-order valence-corrected chi connectivity index (χ4v) is 2.61. The summed E-state index contributed by atoms with van der Waals surface area (Å²) in [6.07, 6.45) is -4.18. The molecule has 1 aliphatic rings. The van der Waals surface area contributed by atoms with Crippen molar-refractivity contribution in [1.29, 1.82) is 0 Å². The summed E-state index contributed by atoms with van der Waals surface area (Å²) in [5, 5.41) is 9.21. The minimum Gasteiger partial charge on any atom is -0.508 e. The number of piperazine rings is 1. The van der Waals surface area contributed by atoms with E-state index in [0.717, 1.165) is 6.07 Å². The zero-order valence-electron chi connectivity index (χ0n) is 11.7. The first-order chi connectivity index (χ1) is 9.76. The third kappa shape index (κ3) is 4.31. The number of halogens is 4. The van der Waals surface area contributed by atoms with Crippen LogP contribution in [0.15, 0.2) is 18.2 Å². The number of phenolic OH excluding ortho intramolecular Hbond substituents is 1. The van der Waals surface area contributed by atoms with E-state index in [1.807, 2.05) is 11.8 Å². The number of aromatic hydroxyl groups is 1. The molecule has 0 aliphatic carbocycles. The quantitative estimate of drug-likeness (QED) is 0.870. The first-order valence-electron chi connectivity index (χ1n) is 6.78. The van der Waals surface area contributed by atoms with Crippen LogP contribution in [-0.4, -0.2) is 53.8 Å². The third-order valence-corrected chi connectivity index (χ3v) is 3.79. The van der Waals surface area contributed by atoms with Crippen molar-refractivity contribution < 1.29 is 22.7 Å². The molecule has 0 aromatic heterocycles. The molecule has 0 saturated carbocycles. The molecule has 1 atom stereocenters. The highest BCUT2D eigenvalue weighted by Crippen LogP contribution is 2.27. The van der Waals surface area contributed by atoms with Gasteiger partial charge in [0.1, 0.15) is 11.6 Å². The first-order valence-corrected chi connectivity index (χ1v) is 6.78. The molecule has 7 heteroatoms. The number of nitrogens with zero attached hydrogens (tertiary/aromatic N) is 2. The predicted octanol–water partition coefficient (Wildman–Crippen LogP) is 2.77. The molecule has 1 unspecified atom stereocenters. The van der Waals surface area contributed by atoms with Crippen LogP contribution >= 0.6 is 0 Å². The van der Waals surface area contributed by atoms with Crippen LogP contribution in [0, 0.1) is 5.82 Å². The van der Waals surface area contributed by atoms with E-state index in [4.69, 9.17) is 0 Å². The Morgan fingerprint density at radius 3 is 2.33 bits per heavy atom. The van der Waals surface area contributed by atoms with Crippen molar-refractivity contribution in [3.05, 3.63) is 29.6 Å². The van der Waals surface area contributed by atoms with Gasteiger partial charge in [0, 0.05) is 43.9 Å². The van der Waals surface area contributed by atoms with Crippen LogP contribution in [-0.2, 0) is 0 Å². The van der Waals surface area contributed by atoms with E-state index in [2.05, 4.69) is 0 Å². The van der Waals surface area contributed by atoms with Gasteiger partial charge in [0.15, 0.2) is 0 Å². The van der Waals surface area contributed by atoms with Crippen LogP contribution in [0.4, 0.5) is 17.6 Å². The summed E-state index contributed by atoms with van der Waals surface area (Å²) in [5.41, 5.74) is 0.442. The highest BCUT2D eigenvalue weighted by molar-refractivity contribution is 5.29. The highest BCUT2D eigenvalue weighted by atomic mass is 19.4. The van der Waals surface area contributed by atoms with Gasteiger partial charge in [-0.05, 0) is 13.0 Å². The summed E-state index contributed by atoms with van der Waals surface area (Å²) < 4.78 is 50.8. The Morgan fingerprint density at radius 1 is 1.19 bits per heavy atom. The van der Waals surface area contributed by atoms with Gasteiger partial charge in [0.2, 0.25) is 0 Å². The molecule has 0 bridgehead atoms. The second kappa shape index (κ2) is 6.19. The van der Waals surface area contributed by atoms with Crippen LogP contribution in [0.5, 0.6) is 5.75 Å². The fourth-order valence-electron chi connectivity index (χ4n) is 2.61. The fraction of sp³-hybridized carbons (Fsp3) is 0.571. The maximum Gasteiger partial charge on any atom is 0.401 e. The summed E-state index contributed by atoms with van der Waals surface area (Å²) >= 11 is 0. The SMILES string of the molecule is CC(c1ccc(O)cc1F)N1CCN(CC(F)(F)F)CC1. The van der Waals surface area contributed by atoms with E-state index >= 15 is 0 Å². The minimum atomic E-state index is -4.18. The molecule has 21 heavy (non-hydrogen) atoms. The van der Waals surface area contributed by atoms with Crippen molar-refractivity contribution in [3.8, 4) is 5.75 Å². The monoisotopic (exact) mass is 306 g/mol. The second-order valence-corrected chi connectivity index (χ2v) is 5.31. The second-order valence-electron chi connectivity index (χ2n) is 5.31. The van der Waals surface area contributed by atoms with E-state index in [9.17, 15) is 22.7 Å². The van der Waals surface area contributed by atoms with E-state index in [-0.39, 0.29) is 11.8 Å². The van der Waals surface area contributed by atoms with E-state index in [1.54, 1.807) is 0 Å². The Hall–Kier alpha value is -1.34. The van der Waals surface area contributed by atoms with Crippen molar-refractivity contribution >= 4 is 0 Å². The van der Waals surface area contributed by atoms with Crippen molar-refractivity contribution in [1.82, 2.24) is 9.80 Å². The first kappa shape index (κ1) is 16.0. The van der Waals surface area contributed by atoms with E-state index in [0.29, 0.717) is 31.7 Å². The molecular formula is C14H18F4N2O. The van der Waals surface area contributed by atoms with Gasteiger partial charge in [-0.1, -0.05) is 6.07 Å². The lowest BCUT2D eigenvalue weighted by Gasteiger charge is -2.38. The molecule has 1 aliphatic heterocycles. The number of benzene rings is 1. The Bertz CT molecular complexity index is 484. The Morgan fingerprint density at radius 2 is 1.81 bits per heavy atom. The standard InChI is InChI=1S/C14H18F4N2O/c1-10(12-3-2-11(21)8-13(12)15)20-6-4-19(5-7-20)9-14(16,17)18/h2-3,8,10,21H,4-7,9H2,1H3. The van der Waals surface area contributed by atoms with Crippen LogP contribution in [0.3, 0.4) is 0 Å². The normalized spacial score (nSPS) is 19.7. The molecule has 1 aromatic rings. The van der Waals surface area contributed by atoms with Crippen molar-refractivity contribution in [2.75, 3.05) is 32.7 Å².